The molecule has 1 aromatic heterocycles. The first kappa shape index (κ1) is 17.4. The lowest BCUT2D eigenvalue weighted by atomic mass is 10.0. The Morgan fingerprint density at radius 3 is 2.88 bits per heavy atom. The summed E-state index contributed by atoms with van der Waals surface area (Å²) in [5.41, 5.74) is 0.713. The number of piperidine rings is 1. The summed E-state index contributed by atoms with van der Waals surface area (Å²) in [6, 6.07) is 5.68. The molecule has 26 heavy (non-hydrogen) atoms. The monoisotopic (exact) mass is 391 g/mol. The molecule has 1 N–H and O–H groups in total. The van der Waals surface area contributed by atoms with Crippen LogP contribution in [0, 0.1) is 0 Å². The molecule has 136 valence electrons. The van der Waals surface area contributed by atoms with Gasteiger partial charge in [-0.1, -0.05) is 11.6 Å². The van der Waals surface area contributed by atoms with Gasteiger partial charge in [0.2, 0.25) is 11.8 Å². The number of amides is 2. The van der Waals surface area contributed by atoms with E-state index in [1.807, 2.05) is 15.6 Å². The number of hydrogen-bond acceptors (Lipinski definition) is 5. The van der Waals surface area contributed by atoms with E-state index in [9.17, 15) is 9.59 Å². The Hall–Kier alpha value is -2.06. The van der Waals surface area contributed by atoms with Gasteiger partial charge in [-0.2, -0.15) is 5.10 Å². The number of nitrogens with one attached hydrogen (secondary N) is 1. The molecule has 2 aromatic rings. The van der Waals surface area contributed by atoms with Gasteiger partial charge in [0.25, 0.3) is 0 Å². The number of aromatic nitrogens is 3. The van der Waals surface area contributed by atoms with Crippen molar-refractivity contribution in [1.82, 2.24) is 19.7 Å². The van der Waals surface area contributed by atoms with Crippen LogP contribution in [0.3, 0.4) is 0 Å². The number of halogens is 1. The van der Waals surface area contributed by atoms with Crippen LogP contribution in [0.4, 0.5) is 5.69 Å². The molecular weight excluding hydrogens is 374 g/mol. The fraction of sp³-hybridized carbons (Fsp3) is 0.412. The molecule has 1 unspecified atom stereocenters. The minimum Gasteiger partial charge on any atom is -0.342 e. The standard InChI is InChI=1S/C17H18ClN5O2S/c18-11-1-2-14-13(7-11)21-17(25)15(26-14)8-16(24)22-5-3-12(4-6-22)23-10-19-9-20-23/h1-2,7,9-10,12,15H,3-6,8H2,(H,21,25). The van der Waals surface area contributed by atoms with E-state index in [0.29, 0.717) is 23.8 Å². The van der Waals surface area contributed by atoms with Crippen molar-refractivity contribution >= 4 is 40.9 Å². The molecule has 1 atom stereocenters. The summed E-state index contributed by atoms with van der Waals surface area (Å²) >= 11 is 7.39. The van der Waals surface area contributed by atoms with Crippen LogP contribution in [0.15, 0.2) is 35.7 Å². The second-order valence-corrected chi connectivity index (χ2v) is 8.11. The van der Waals surface area contributed by atoms with Crippen molar-refractivity contribution < 1.29 is 9.59 Å². The predicted molar refractivity (Wildman–Crippen MR) is 99.2 cm³/mol. The second-order valence-electron chi connectivity index (χ2n) is 6.43. The summed E-state index contributed by atoms with van der Waals surface area (Å²) in [7, 11) is 0. The maximum absolute atomic E-state index is 12.6. The number of thioether (sulfide) groups is 1. The average molecular weight is 392 g/mol. The molecule has 0 radical (unpaired) electrons. The number of fused-ring (bicyclic) bond motifs is 1. The summed E-state index contributed by atoms with van der Waals surface area (Å²) in [5, 5.41) is 7.19. The maximum atomic E-state index is 12.6. The van der Waals surface area contributed by atoms with Gasteiger partial charge in [-0.05, 0) is 31.0 Å². The molecule has 0 saturated carbocycles. The summed E-state index contributed by atoms with van der Waals surface area (Å²) in [4.78, 5) is 31.7. The van der Waals surface area contributed by atoms with Crippen molar-refractivity contribution in [2.24, 2.45) is 0 Å². The number of anilines is 1. The first-order chi connectivity index (χ1) is 12.6. The van der Waals surface area contributed by atoms with Crippen molar-refractivity contribution in [3.05, 3.63) is 35.9 Å². The summed E-state index contributed by atoms with van der Waals surface area (Å²) < 4.78 is 1.86. The molecule has 4 rings (SSSR count). The van der Waals surface area contributed by atoms with Gasteiger partial charge in [0.05, 0.1) is 17.0 Å². The van der Waals surface area contributed by atoms with Gasteiger partial charge in [-0.15, -0.1) is 11.8 Å². The topological polar surface area (TPSA) is 80.1 Å². The van der Waals surface area contributed by atoms with Crippen LogP contribution in [0.25, 0.3) is 0 Å². The van der Waals surface area contributed by atoms with Gasteiger partial charge >= 0.3 is 0 Å². The molecule has 2 aliphatic heterocycles. The Balaban J connectivity index is 1.35. The fourth-order valence-corrected chi connectivity index (χ4v) is 4.58. The van der Waals surface area contributed by atoms with Crippen LogP contribution in [-0.2, 0) is 9.59 Å². The SMILES string of the molecule is O=C1Nc2cc(Cl)ccc2SC1CC(=O)N1CCC(n2cncn2)CC1. The zero-order chi connectivity index (χ0) is 18.1. The molecule has 1 saturated heterocycles. The van der Waals surface area contributed by atoms with Crippen LogP contribution in [0.2, 0.25) is 5.02 Å². The van der Waals surface area contributed by atoms with Crippen molar-refractivity contribution in [3.8, 4) is 0 Å². The Labute approximate surface area is 160 Å². The summed E-state index contributed by atoms with van der Waals surface area (Å²) in [6.45, 7) is 1.35. The number of carbonyl (C=O) groups excluding carboxylic acids is 2. The van der Waals surface area contributed by atoms with Gasteiger partial charge < -0.3 is 10.2 Å². The van der Waals surface area contributed by atoms with E-state index in [1.54, 1.807) is 18.5 Å². The van der Waals surface area contributed by atoms with Crippen LogP contribution >= 0.6 is 23.4 Å². The molecule has 2 amide bonds. The zero-order valence-electron chi connectivity index (χ0n) is 14.0. The number of carbonyl (C=O) groups is 2. The predicted octanol–water partition coefficient (Wildman–Crippen LogP) is 2.60. The van der Waals surface area contributed by atoms with E-state index >= 15 is 0 Å². The smallest absolute Gasteiger partial charge is 0.238 e. The first-order valence-electron chi connectivity index (χ1n) is 8.49. The molecule has 7 nitrogen and oxygen atoms in total. The van der Waals surface area contributed by atoms with E-state index in [2.05, 4.69) is 15.4 Å². The Kier molecular flexibility index (Phi) is 4.86. The van der Waals surface area contributed by atoms with E-state index in [4.69, 9.17) is 11.6 Å². The maximum Gasteiger partial charge on any atom is 0.238 e. The van der Waals surface area contributed by atoms with E-state index in [-0.39, 0.29) is 24.3 Å². The van der Waals surface area contributed by atoms with Crippen molar-refractivity contribution in [1.29, 1.82) is 0 Å². The minimum atomic E-state index is -0.413. The quantitative estimate of drug-likeness (QED) is 0.869. The van der Waals surface area contributed by atoms with Crippen molar-refractivity contribution in [3.63, 3.8) is 0 Å². The molecular formula is C17H18ClN5O2S. The van der Waals surface area contributed by atoms with Crippen molar-refractivity contribution in [2.45, 2.75) is 35.4 Å². The normalized spacial score (nSPS) is 20.6. The van der Waals surface area contributed by atoms with Gasteiger partial charge in [0, 0.05) is 29.4 Å². The van der Waals surface area contributed by atoms with E-state index in [1.165, 1.54) is 18.1 Å². The van der Waals surface area contributed by atoms with Gasteiger partial charge in [-0.3, -0.25) is 9.59 Å². The Bertz CT molecular complexity index is 821. The number of nitrogens with zero attached hydrogens (tertiary/aromatic N) is 4. The molecule has 0 aliphatic carbocycles. The van der Waals surface area contributed by atoms with E-state index < -0.39 is 5.25 Å². The molecule has 1 aromatic carbocycles. The van der Waals surface area contributed by atoms with Crippen LogP contribution in [0.1, 0.15) is 25.3 Å². The first-order valence-corrected chi connectivity index (χ1v) is 9.75. The van der Waals surface area contributed by atoms with Crippen molar-refractivity contribution in [2.75, 3.05) is 18.4 Å². The molecule has 0 spiro atoms. The molecule has 9 heteroatoms. The Morgan fingerprint density at radius 2 is 2.15 bits per heavy atom. The molecule has 2 aliphatic rings. The summed E-state index contributed by atoms with van der Waals surface area (Å²) in [5.74, 6) is -0.122. The second kappa shape index (κ2) is 7.28. The zero-order valence-corrected chi connectivity index (χ0v) is 15.5. The molecule has 3 heterocycles. The highest BCUT2D eigenvalue weighted by Gasteiger charge is 2.32. The third kappa shape index (κ3) is 3.57. The van der Waals surface area contributed by atoms with Gasteiger partial charge in [0.1, 0.15) is 12.7 Å². The lowest BCUT2D eigenvalue weighted by Crippen LogP contribution is -2.42. The third-order valence-electron chi connectivity index (χ3n) is 4.75. The largest absolute Gasteiger partial charge is 0.342 e. The fourth-order valence-electron chi connectivity index (χ4n) is 3.33. The highest BCUT2D eigenvalue weighted by Crippen LogP contribution is 2.38. The van der Waals surface area contributed by atoms with Crippen LogP contribution < -0.4 is 5.32 Å². The lowest BCUT2D eigenvalue weighted by Gasteiger charge is -2.33. The molecule has 1 fully saturated rings. The number of likely N-dealkylation sites (tertiary alicyclic amines) is 1. The summed E-state index contributed by atoms with van der Waals surface area (Å²) in [6.07, 6.45) is 5.14. The van der Waals surface area contributed by atoms with Crippen LogP contribution in [-0.4, -0.2) is 49.8 Å². The Morgan fingerprint density at radius 1 is 1.35 bits per heavy atom. The number of hydrogen-bond donors (Lipinski definition) is 1. The van der Waals surface area contributed by atoms with Crippen LogP contribution in [0.5, 0.6) is 0 Å². The van der Waals surface area contributed by atoms with Gasteiger partial charge in [-0.25, -0.2) is 9.67 Å². The highest BCUT2D eigenvalue weighted by molar-refractivity contribution is 8.01. The average Bonchev–Trinajstić information content (AvgIpc) is 3.17. The minimum absolute atomic E-state index is 0.0205. The third-order valence-corrected chi connectivity index (χ3v) is 6.26. The van der Waals surface area contributed by atoms with E-state index in [0.717, 1.165) is 17.7 Å². The number of benzene rings is 1. The molecule has 0 bridgehead atoms. The highest BCUT2D eigenvalue weighted by atomic mass is 35.5. The lowest BCUT2D eigenvalue weighted by molar-refractivity contribution is -0.133. The van der Waals surface area contributed by atoms with Gasteiger partial charge in [0.15, 0.2) is 0 Å². The number of rotatable bonds is 3.